The molecule has 0 fully saturated rings. The maximum Gasteiger partial charge on any atom is 0.220 e. The Hall–Kier alpha value is -2.43. The molecule has 2 aromatic rings. The molecule has 0 saturated heterocycles. The Morgan fingerprint density at radius 2 is 1.91 bits per heavy atom. The van der Waals surface area contributed by atoms with Gasteiger partial charge in [-0.1, -0.05) is 19.9 Å². The summed E-state index contributed by atoms with van der Waals surface area (Å²) >= 11 is 0. The molecular formula is C18H23N5. The van der Waals surface area contributed by atoms with Gasteiger partial charge in [-0.15, -0.1) is 0 Å². The highest BCUT2D eigenvalue weighted by Gasteiger charge is 2.25. The number of nitrogens with zero attached hydrogens (tertiary/aromatic N) is 3. The smallest absolute Gasteiger partial charge is 0.220 e. The van der Waals surface area contributed by atoms with Crippen LogP contribution in [0.3, 0.4) is 0 Å². The number of pyridine rings is 1. The van der Waals surface area contributed by atoms with Crippen molar-refractivity contribution in [1.29, 1.82) is 0 Å². The van der Waals surface area contributed by atoms with Crippen molar-refractivity contribution < 1.29 is 0 Å². The van der Waals surface area contributed by atoms with Crippen LogP contribution in [0.25, 0.3) is 16.7 Å². The van der Waals surface area contributed by atoms with E-state index in [1.807, 2.05) is 13.0 Å². The van der Waals surface area contributed by atoms with Crippen LogP contribution in [-0.2, 0) is 0 Å². The molecule has 0 saturated carbocycles. The topological polar surface area (TPSA) is 90.7 Å². The maximum atomic E-state index is 5.91. The molecule has 120 valence electrons. The number of hydrogen-bond acceptors (Lipinski definition) is 5. The Kier molecular flexibility index (Phi) is 3.80. The fourth-order valence-corrected chi connectivity index (χ4v) is 3.02. The molecule has 3 rings (SSSR count). The van der Waals surface area contributed by atoms with E-state index in [2.05, 4.69) is 34.9 Å². The lowest BCUT2D eigenvalue weighted by atomic mass is 9.77. The van der Waals surface area contributed by atoms with Gasteiger partial charge in [0.1, 0.15) is 5.82 Å². The van der Waals surface area contributed by atoms with Crippen LogP contribution in [-0.4, -0.2) is 15.0 Å². The number of allylic oxidation sites excluding steroid dienone is 2. The van der Waals surface area contributed by atoms with Gasteiger partial charge in [0.15, 0.2) is 0 Å². The predicted octanol–water partition coefficient (Wildman–Crippen LogP) is 3.60. The van der Waals surface area contributed by atoms with Gasteiger partial charge in [-0.2, -0.15) is 0 Å². The maximum absolute atomic E-state index is 5.91. The lowest BCUT2D eigenvalue weighted by Gasteiger charge is -2.29. The fourth-order valence-electron chi connectivity index (χ4n) is 3.02. The molecule has 0 spiro atoms. The second-order valence-electron chi connectivity index (χ2n) is 6.96. The van der Waals surface area contributed by atoms with Gasteiger partial charge in [0.2, 0.25) is 5.95 Å². The minimum Gasteiger partial charge on any atom is -0.384 e. The monoisotopic (exact) mass is 309 g/mol. The summed E-state index contributed by atoms with van der Waals surface area (Å²) in [6.45, 7) is 6.55. The summed E-state index contributed by atoms with van der Waals surface area (Å²) in [5.74, 6) is 0.818. The fraction of sp³-hybridized carbons (Fsp3) is 0.389. The van der Waals surface area contributed by atoms with Crippen LogP contribution in [0.5, 0.6) is 0 Å². The van der Waals surface area contributed by atoms with Crippen molar-refractivity contribution in [2.24, 2.45) is 5.41 Å². The van der Waals surface area contributed by atoms with Gasteiger partial charge in [0.25, 0.3) is 0 Å². The summed E-state index contributed by atoms with van der Waals surface area (Å²) in [5, 5.41) is 0. The molecule has 4 N–H and O–H groups in total. The summed E-state index contributed by atoms with van der Waals surface area (Å²) in [6, 6.07) is 3.76. The molecule has 1 aliphatic carbocycles. The molecule has 0 atom stereocenters. The van der Waals surface area contributed by atoms with E-state index in [1.54, 1.807) is 12.3 Å². The Morgan fingerprint density at radius 1 is 1.13 bits per heavy atom. The number of aryl methyl sites for hydroxylation is 1. The summed E-state index contributed by atoms with van der Waals surface area (Å²) in [6.07, 6.45) is 7.25. The van der Waals surface area contributed by atoms with Gasteiger partial charge in [-0.3, -0.25) is 0 Å². The first-order chi connectivity index (χ1) is 10.9. The molecular weight excluding hydrogens is 286 g/mol. The number of aromatic nitrogens is 3. The second kappa shape index (κ2) is 5.65. The van der Waals surface area contributed by atoms with Gasteiger partial charge < -0.3 is 11.5 Å². The van der Waals surface area contributed by atoms with Crippen molar-refractivity contribution in [3.05, 3.63) is 35.8 Å². The largest absolute Gasteiger partial charge is 0.384 e. The quantitative estimate of drug-likeness (QED) is 0.884. The first-order valence-corrected chi connectivity index (χ1v) is 7.91. The van der Waals surface area contributed by atoms with E-state index >= 15 is 0 Å². The third kappa shape index (κ3) is 3.18. The zero-order chi connectivity index (χ0) is 16.6. The average molecular weight is 309 g/mol. The van der Waals surface area contributed by atoms with E-state index < -0.39 is 0 Å². The summed E-state index contributed by atoms with van der Waals surface area (Å²) < 4.78 is 0. The van der Waals surface area contributed by atoms with Crippen LogP contribution >= 0.6 is 0 Å². The highest BCUT2D eigenvalue weighted by atomic mass is 15.0. The van der Waals surface area contributed by atoms with E-state index in [-0.39, 0.29) is 0 Å². The molecule has 2 aromatic heterocycles. The number of nitrogen functional groups attached to an aromatic ring is 2. The summed E-state index contributed by atoms with van der Waals surface area (Å²) in [4.78, 5) is 13.1. The SMILES string of the molecule is Cc1nc(N)nc(C2=CCC(C)(C)CC2)c1-c1ccc(N)nc1. The van der Waals surface area contributed by atoms with Crippen LogP contribution in [0.15, 0.2) is 24.4 Å². The van der Waals surface area contributed by atoms with E-state index in [4.69, 9.17) is 11.5 Å². The van der Waals surface area contributed by atoms with Crippen LogP contribution in [0, 0.1) is 12.3 Å². The lowest BCUT2D eigenvalue weighted by molar-refractivity contribution is 0.335. The minimum absolute atomic E-state index is 0.315. The molecule has 0 aliphatic heterocycles. The molecule has 23 heavy (non-hydrogen) atoms. The van der Waals surface area contributed by atoms with Crippen molar-refractivity contribution in [1.82, 2.24) is 15.0 Å². The minimum atomic E-state index is 0.315. The number of rotatable bonds is 2. The van der Waals surface area contributed by atoms with Gasteiger partial charge in [-0.05, 0) is 49.3 Å². The van der Waals surface area contributed by atoms with Crippen LogP contribution < -0.4 is 11.5 Å². The molecule has 0 aromatic carbocycles. The number of anilines is 2. The average Bonchev–Trinajstić information content (AvgIpc) is 2.48. The van der Waals surface area contributed by atoms with Crippen LogP contribution in [0.4, 0.5) is 11.8 Å². The Morgan fingerprint density at radius 3 is 2.52 bits per heavy atom. The van der Waals surface area contributed by atoms with E-state index in [1.165, 1.54) is 5.57 Å². The highest BCUT2D eigenvalue weighted by Crippen LogP contribution is 2.40. The first kappa shape index (κ1) is 15.5. The molecule has 1 aliphatic rings. The summed E-state index contributed by atoms with van der Waals surface area (Å²) in [5.41, 5.74) is 17.0. The van der Waals surface area contributed by atoms with Crippen molar-refractivity contribution >= 4 is 17.3 Å². The molecule has 0 amide bonds. The molecule has 0 bridgehead atoms. The zero-order valence-electron chi connectivity index (χ0n) is 13.9. The Labute approximate surface area is 136 Å². The third-order valence-corrected chi connectivity index (χ3v) is 4.46. The number of hydrogen-bond donors (Lipinski definition) is 2. The highest BCUT2D eigenvalue weighted by molar-refractivity contribution is 5.81. The molecule has 2 heterocycles. The molecule has 0 unspecified atom stereocenters. The normalized spacial score (nSPS) is 16.9. The van der Waals surface area contributed by atoms with E-state index in [9.17, 15) is 0 Å². The molecule has 5 nitrogen and oxygen atoms in total. The zero-order valence-corrected chi connectivity index (χ0v) is 13.9. The van der Waals surface area contributed by atoms with Crippen molar-refractivity contribution in [2.75, 3.05) is 11.5 Å². The van der Waals surface area contributed by atoms with Gasteiger partial charge >= 0.3 is 0 Å². The van der Waals surface area contributed by atoms with Crippen molar-refractivity contribution in [2.45, 2.75) is 40.0 Å². The first-order valence-electron chi connectivity index (χ1n) is 7.91. The third-order valence-electron chi connectivity index (χ3n) is 4.46. The van der Waals surface area contributed by atoms with Crippen LogP contribution in [0.1, 0.15) is 44.5 Å². The second-order valence-corrected chi connectivity index (χ2v) is 6.96. The predicted molar refractivity (Wildman–Crippen MR) is 94.4 cm³/mol. The molecule has 0 radical (unpaired) electrons. The van der Waals surface area contributed by atoms with Gasteiger partial charge in [0, 0.05) is 17.3 Å². The van der Waals surface area contributed by atoms with Crippen molar-refractivity contribution in [3.63, 3.8) is 0 Å². The molecule has 5 heteroatoms. The Bertz CT molecular complexity index is 760. The van der Waals surface area contributed by atoms with E-state index in [0.29, 0.717) is 17.2 Å². The summed E-state index contributed by atoms with van der Waals surface area (Å²) in [7, 11) is 0. The van der Waals surface area contributed by atoms with Crippen LogP contribution in [0.2, 0.25) is 0 Å². The standard InChI is InChI=1S/C18H23N5/c1-11-15(13-4-5-14(19)21-10-13)16(23-17(20)22-11)12-6-8-18(2,3)9-7-12/h4-6,10H,7-9H2,1-3H3,(H2,19,21)(H2,20,22,23). The van der Waals surface area contributed by atoms with Gasteiger partial charge in [0.05, 0.1) is 11.4 Å². The van der Waals surface area contributed by atoms with Crippen molar-refractivity contribution in [3.8, 4) is 11.1 Å². The number of nitrogens with two attached hydrogens (primary N) is 2. The van der Waals surface area contributed by atoms with Gasteiger partial charge in [-0.25, -0.2) is 15.0 Å². The Balaban J connectivity index is 2.13. The lowest BCUT2D eigenvalue weighted by Crippen LogP contribution is -2.15. The van der Waals surface area contributed by atoms with E-state index in [0.717, 1.165) is 41.8 Å².